The largest absolute Gasteiger partial charge is 0.465 e. The van der Waals surface area contributed by atoms with Crippen LogP contribution < -0.4 is 5.32 Å². The molecule has 94 valence electrons. The van der Waals surface area contributed by atoms with E-state index in [0.29, 0.717) is 10.0 Å². The van der Waals surface area contributed by atoms with Crippen LogP contribution in [0.25, 0.3) is 0 Å². The summed E-state index contributed by atoms with van der Waals surface area (Å²) in [4.78, 5) is 16.0. The predicted octanol–water partition coefficient (Wildman–Crippen LogP) is 3.29. The number of methoxy groups -OCH3 is 1. The van der Waals surface area contributed by atoms with Crippen molar-refractivity contribution in [3.8, 4) is 0 Å². The van der Waals surface area contributed by atoms with Gasteiger partial charge >= 0.3 is 5.97 Å². The lowest BCUT2D eigenvalue weighted by atomic mass is 10.1. The number of esters is 1. The van der Waals surface area contributed by atoms with E-state index in [2.05, 4.69) is 27.2 Å². The Morgan fingerprint density at radius 2 is 2.17 bits per heavy atom. The van der Waals surface area contributed by atoms with Crippen molar-refractivity contribution in [1.29, 1.82) is 0 Å². The Kier molecular flexibility index (Phi) is 3.62. The Morgan fingerprint density at radius 1 is 1.39 bits per heavy atom. The topological polar surface area (TPSA) is 51.2 Å². The molecule has 0 aliphatic heterocycles. The molecular formula is C13H14N2O2S. The highest BCUT2D eigenvalue weighted by Crippen LogP contribution is 2.25. The minimum atomic E-state index is -0.360. The molecule has 0 aliphatic rings. The van der Waals surface area contributed by atoms with Crippen LogP contribution in [0.5, 0.6) is 0 Å². The van der Waals surface area contributed by atoms with E-state index in [-0.39, 0.29) is 5.97 Å². The minimum absolute atomic E-state index is 0.360. The van der Waals surface area contributed by atoms with Crippen molar-refractivity contribution < 1.29 is 9.53 Å². The van der Waals surface area contributed by atoms with E-state index in [0.717, 1.165) is 11.3 Å². The molecule has 0 saturated carbocycles. The summed E-state index contributed by atoms with van der Waals surface area (Å²) in [6.45, 7) is 4.06. The third kappa shape index (κ3) is 2.68. The Bertz CT molecular complexity index is 578. The van der Waals surface area contributed by atoms with E-state index in [1.165, 1.54) is 30.2 Å². The lowest BCUT2D eigenvalue weighted by molar-refractivity contribution is 0.0606. The van der Waals surface area contributed by atoms with Crippen molar-refractivity contribution in [2.24, 2.45) is 0 Å². The molecule has 0 fully saturated rings. The normalized spacial score (nSPS) is 10.2. The predicted molar refractivity (Wildman–Crippen MR) is 72.7 cm³/mol. The highest BCUT2D eigenvalue weighted by Gasteiger charge is 2.11. The van der Waals surface area contributed by atoms with Gasteiger partial charge in [-0.3, -0.25) is 0 Å². The summed E-state index contributed by atoms with van der Waals surface area (Å²) in [5.41, 5.74) is 3.31. The van der Waals surface area contributed by atoms with Crippen molar-refractivity contribution in [1.82, 2.24) is 4.98 Å². The van der Waals surface area contributed by atoms with Crippen LogP contribution in [0, 0.1) is 13.8 Å². The molecule has 1 aromatic carbocycles. The maximum absolute atomic E-state index is 11.3. The van der Waals surface area contributed by atoms with E-state index >= 15 is 0 Å². The monoisotopic (exact) mass is 262 g/mol. The number of nitrogens with zero attached hydrogens (tertiary/aromatic N) is 1. The van der Waals surface area contributed by atoms with E-state index < -0.39 is 0 Å². The fourth-order valence-electron chi connectivity index (χ4n) is 1.51. The van der Waals surface area contributed by atoms with Gasteiger partial charge in [0.2, 0.25) is 0 Å². The number of thiazole rings is 1. The number of ether oxygens (including phenoxy) is 1. The first-order valence-corrected chi connectivity index (χ1v) is 6.30. The average molecular weight is 262 g/mol. The number of anilines is 2. The molecule has 0 saturated heterocycles. The third-order valence-corrected chi connectivity index (χ3v) is 3.42. The first-order valence-electron chi connectivity index (χ1n) is 5.48. The zero-order chi connectivity index (χ0) is 13.1. The molecule has 0 atom stereocenters. The van der Waals surface area contributed by atoms with Crippen LogP contribution in [0.2, 0.25) is 0 Å². The minimum Gasteiger partial charge on any atom is -0.465 e. The van der Waals surface area contributed by atoms with Crippen LogP contribution in [0.15, 0.2) is 24.4 Å². The smallest absolute Gasteiger partial charge is 0.349 e. The fraction of sp³-hybridized carbons (Fsp3) is 0.231. The maximum atomic E-state index is 11.3. The summed E-state index contributed by atoms with van der Waals surface area (Å²) >= 11 is 1.28. The van der Waals surface area contributed by atoms with Gasteiger partial charge in [-0.25, -0.2) is 9.78 Å². The van der Waals surface area contributed by atoms with Gasteiger partial charge in [-0.05, 0) is 31.0 Å². The molecule has 0 spiro atoms. The summed E-state index contributed by atoms with van der Waals surface area (Å²) in [6, 6.07) is 6.16. The number of benzene rings is 1. The van der Waals surface area contributed by atoms with Gasteiger partial charge in [-0.15, -0.1) is 0 Å². The second-order valence-electron chi connectivity index (χ2n) is 3.96. The summed E-state index contributed by atoms with van der Waals surface area (Å²) in [5.74, 6) is -0.360. The summed E-state index contributed by atoms with van der Waals surface area (Å²) in [7, 11) is 1.36. The number of carbonyl (C=O) groups excluding carboxylic acids is 1. The molecule has 2 aromatic rings. The molecule has 4 nitrogen and oxygen atoms in total. The highest BCUT2D eigenvalue weighted by atomic mass is 32.1. The van der Waals surface area contributed by atoms with E-state index in [9.17, 15) is 4.79 Å². The van der Waals surface area contributed by atoms with Gasteiger partial charge in [0.1, 0.15) is 4.88 Å². The summed E-state index contributed by atoms with van der Waals surface area (Å²) < 4.78 is 4.65. The summed E-state index contributed by atoms with van der Waals surface area (Å²) in [6.07, 6.45) is 1.52. The molecule has 5 heteroatoms. The number of nitrogens with one attached hydrogen (secondary N) is 1. The third-order valence-electron chi connectivity index (χ3n) is 2.53. The Labute approximate surface area is 110 Å². The van der Waals surface area contributed by atoms with E-state index in [4.69, 9.17) is 0 Å². The van der Waals surface area contributed by atoms with Crippen LogP contribution in [0.3, 0.4) is 0 Å². The Hall–Kier alpha value is -1.88. The van der Waals surface area contributed by atoms with Crippen molar-refractivity contribution in [3.05, 3.63) is 40.4 Å². The molecular weight excluding hydrogens is 248 g/mol. The zero-order valence-corrected chi connectivity index (χ0v) is 11.3. The number of hydrogen-bond donors (Lipinski definition) is 1. The van der Waals surface area contributed by atoms with Crippen LogP contribution >= 0.6 is 11.3 Å². The average Bonchev–Trinajstić information content (AvgIpc) is 2.81. The number of rotatable bonds is 3. The lowest BCUT2D eigenvalue weighted by Crippen LogP contribution is -1.96. The molecule has 1 heterocycles. The number of aromatic nitrogens is 1. The zero-order valence-electron chi connectivity index (χ0n) is 10.5. The molecule has 2 rings (SSSR count). The maximum Gasteiger partial charge on any atom is 0.349 e. The number of hydrogen-bond acceptors (Lipinski definition) is 5. The molecule has 0 amide bonds. The number of carbonyl (C=O) groups is 1. The lowest BCUT2D eigenvalue weighted by Gasteiger charge is -2.07. The van der Waals surface area contributed by atoms with Crippen LogP contribution in [0.1, 0.15) is 20.8 Å². The van der Waals surface area contributed by atoms with Gasteiger partial charge in [-0.1, -0.05) is 23.5 Å². The van der Waals surface area contributed by atoms with Gasteiger partial charge in [-0.2, -0.15) is 0 Å². The molecule has 0 aliphatic carbocycles. The van der Waals surface area contributed by atoms with Crippen LogP contribution in [0.4, 0.5) is 10.8 Å². The second kappa shape index (κ2) is 5.18. The quantitative estimate of drug-likeness (QED) is 0.862. The van der Waals surface area contributed by atoms with E-state index in [1.54, 1.807) is 0 Å². The van der Waals surface area contributed by atoms with Crippen molar-refractivity contribution in [3.63, 3.8) is 0 Å². The summed E-state index contributed by atoms with van der Waals surface area (Å²) in [5, 5.41) is 3.90. The number of aryl methyl sites for hydroxylation is 2. The van der Waals surface area contributed by atoms with Gasteiger partial charge in [0.05, 0.1) is 13.3 Å². The van der Waals surface area contributed by atoms with Crippen LogP contribution in [-0.2, 0) is 4.74 Å². The first-order chi connectivity index (χ1) is 8.60. The van der Waals surface area contributed by atoms with Crippen molar-refractivity contribution in [2.45, 2.75) is 13.8 Å². The van der Waals surface area contributed by atoms with Crippen molar-refractivity contribution >= 4 is 28.1 Å². The van der Waals surface area contributed by atoms with Crippen molar-refractivity contribution in [2.75, 3.05) is 12.4 Å². The fourth-order valence-corrected chi connectivity index (χ4v) is 2.26. The Morgan fingerprint density at radius 3 is 2.89 bits per heavy atom. The molecule has 0 unspecified atom stereocenters. The molecule has 0 bridgehead atoms. The molecule has 0 radical (unpaired) electrons. The Balaban J connectivity index is 2.21. The first kappa shape index (κ1) is 12.6. The van der Waals surface area contributed by atoms with Gasteiger partial charge in [0.25, 0.3) is 0 Å². The standard InChI is InChI=1S/C13H14N2O2S/c1-8-4-5-9(2)10(6-8)15-13-14-7-11(18-13)12(16)17-3/h4-7H,1-3H3,(H,14,15). The van der Waals surface area contributed by atoms with Crippen LogP contribution in [-0.4, -0.2) is 18.1 Å². The SMILES string of the molecule is COC(=O)c1cnc(Nc2cc(C)ccc2C)s1. The van der Waals surface area contributed by atoms with Gasteiger partial charge < -0.3 is 10.1 Å². The van der Waals surface area contributed by atoms with Gasteiger partial charge in [0.15, 0.2) is 5.13 Å². The second-order valence-corrected chi connectivity index (χ2v) is 5.00. The van der Waals surface area contributed by atoms with E-state index in [1.807, 2.05) is 19.9 Å². The van der Waals surface area contributed by atoms with Gasteiger partial charge in [0, 0.05) is 5.69 Å². The molecule has 18 heavy (non-hydrogen) atoms. The highest BCUT2D eigenvalue weighted by molar-refractivity contribution is 7.17. The molecule has 1 aromatic heterocycles. The molecule has 1 N–H and O–H groups in total.